The summed E-state index contributed by atoms with van der Waals surface area (Å²) < 4.78 is 39.6. The van der Waals surface area contributed by atoms with E-state index in [1.54, 1.807) is 24.3 Å². The van der Waals surface area contributed by atoms with Gasteiger partial charge in [-0.3, -0.25) is 4.79 Å². The third-order valence-corrected chi connectivity index (χ3v) is 4.00. The van der Waals surface area contributed by atoms with Crippen LogP contribution in [0, 0.1) is 29.9 Å². The van der Waals surface area contributed by atoms with Crippen LogP contribution in [-0.4, -0.2) is 10.9 Å². The lowest BCUT2D eigenvalue weighted by Crippen LogP contribution is -2.11. The van der Waals surface area contributed by atoms with Gasteiger partial charge in [-0.1, -0.05) is 18.2 Å². The third-order valence-electron chi connectivity index (χ3n) is 4.00. The van der Waals surface area contributed by atoms with E-state index >= 15 is 0 Å². The lowest BCUT2D eigenvalue weighted by molar-refractivity contribution is 0.1000. The molecule has 3 rings (SSSR count). The van der Waals surface area contributed by atoms with Crippen molar-refractivity contribution in [2.45, 2.75) is 13.5 Å². The quantitative estimate of drug-likeness (QED) is 0.680. The Balaban J connectivity index is 1.86. The molecule has 2 aromatic carbocycles. The molecule has 0 atom stereocenters. The van der Waals surface area contributed by atoms with Gasteiger partial charge in [0.25, 0.3) is 11.8 Å². The first-order chi connectivity index (χ1) is 13.9. The predicted molar refractivity (Wildman–Crippen MR) is 99.4 cm³/mol. The normalized spacial score (nSPS) is 10.3. The first-order valence-corrected chi connectivity index (χ1v) is 8.44. The fourth-order valence-corrected chi connectivity index (χ4v) is 2.48. The standard InChI is InChI=1S/C21H15F2N3O3/c1-12-17(22)20(28-11-14-5-2-6-15(8-14)19(25)27)26-21(18(12)23)29-16-7-3-4-13(9-16)10-24/h2-9H,11H2,1H3,(H2,25,27). The van der Waals surface area contributed by atoms with E-state index in [-0.39, 0.29) is 23.5 Å². The van der Waals surface area contributed by atoms with E-state index in [0.717, 1.165) is 0 Å². The van der Waals surface area contributed by atoms with Crippen LogP contribution in [-0.2, 0) is 6.61 Å². The van der Waals surface area contributed by atoms with E-state index in [1.165, 1.54) is 31.2 Å². The molecule has 0 aliphatic heterocycles. The summed E-state index contributed by atoms with van der Waals surface area (Å²) in [5.74, 6) is -3.33. The van der Waals surface area contributed by atoms with Gasteiger partial charge in [-0.05, 0) is 42.8 Å². The number of primary amides is 1. The maximum atomic E-state index is 14.4. The van der Waals surface area contributed by atoms with Gasteiger partial charge in [0.1, 0.15) is 12.4 Å². The van der Waals surface area contributed by atoms with Crippen molar-refractivity contribution < 1.29 is 23.0 Å². The molecule has 0 saturated heterocycles. The average molecular weight is 395 g/mol. The first kappa shape index (κ1) is 19.8. The molecule has 0 fully saturated rings. The molecule has 0 aliphatic carbocycles. The molecule has 1 amide bonds. The smallest absolute Gasteiger partial charge is 0.259 e. The lowest BCUT2D eigenvalue weighted by Gasteiger charge is -2.13. The number of hydrogen-bond donors (Lipinski definition) is 1. The minimum absolute atomic E-state index is 0.126. The molecule has 1 aromatic heterocycles. The molecule has 6 nitrogen and oxygen atoms in total. The second-order valence-corrected chi connectivity index (χ2v) is 6.07. The zero-order valence-corrected chi connectivity index (χ0v) is 15.3. The number of amides is 1. The number of hydrogen-bond acceptors (Lipinski definition) is 5. The fourth-order valence-electron chi connectivity index (χ4n) is 2.48. The van der Waals surface area contributed by atoms with Crippen LogP contribution in [0.4, 0.5) is 8.78 Å². The topological polar surface area (TPSA) is 98.2 Å². The lowest BCUT2D eigenvalue weighted by atomic mass is 10.1. The Kier molecular flexibility index (Phi) is 5.69. The molecule has 8 heteroatoms. The molecule has 2 N–H and O–H groups in total. The molecule has 0 bridgehead atoms. The van der Waals surface area contributed by atoms with Crippen molar-refractivity contribution in [1.29, 1.82) is 5.26 Å². The molecule has 0 aliphatic rings. The van der Waals surface area contributed by atoms with E-state index in [9.17, 15) is 13.6 Å². The van der Waals surface area contributed by atoms with Crippen molar-refractivity contribution >= 4 is 5.91 Å². The zero-order valence-electron chi connectivity index (χ0n) is 15.3. The van der Waals surface area contributed by atoms with Crippen molar-refractivity contribution in [2.75, 3.05) is 0 Å². The summed E-state index contributed by atoms with van der Waals surface area (Å²) in [5.41, 5.74) is 6.04. The minimum atomic E-state index is -0.979. The third kappa shape index (κ3) is 4.47. The maximum Gasteiger partial charge on any atom is 0.259 e. The minimum Gasteiger partial charge on any atom is -0.471 e. The van der Waals surface area contributed by atoms with Crippen LogP contribution >= 0.6 is 0 Å². The van der Waals surface area contributed by atoms with E-state index < -0.39 is 29.3 Å². The van der Waals surface area contributed by atoms with Crippen molar-refractivity contribution in [3.05, 3.63) is 82.4 Å². The first-order valence-electron chi connectivity index (χ1n) is 8.44. The number of carbonyl (C=O) groups excluding carboxylic acids is 1. The molecule has 0 radical (unpaired) electrons. The Morgan fingerprint density at radius 1 is 1.14 bits per heavy atom. The van der Waals surface area contributed by atoms with Gasteiger partial charge < -0.3 is 15.2 Å². The number of ether oxygens (including phenoxy) is 2. The van der Waals surface area contributed by atoms with Crippen LogP contribution in [0.25, 0.3) is 0 Å². The number of carbonyl (C=O) groups is 1. The van der Waals surface area contributed by atoms with Gasteiger partial charge in [0.2, 0.25) is 5.91 Å². The number of halogens is 2. The highest BCUT2D eigenvalue weighted by Crippen LogP contribution is 2.31. The van der Waals surface area contributed by atoms with E-state index in [2.05, 4.69) is 4.98 Å². The Morgan fingerprint density at radius 2 is 1.86 bits per heavy atom. The zero-order chi connectivity index (χ0) is 21.0. The number of benzene rings is 2. The number of nitriles is 1. The van der Waals surface area contributed by atoms with Crippen molar-refractivity contribution in [2.24, 2.45) is 5.73 Å². The van der Waals surface area contributed by atoms with Gasteiger partial charge in [-0.2, -0.15) is 10.2 Å². The summed E-state index contributed by atoms with van der Waals surface area (Å²) >= 11 is 0. The largest absolute Gasteiger partial charge is 0.471 e. The number of pyridine rings is 1. The van der Waals surface area contributed by atoms with Gasteiger partial charge in [-0.25, -0.2) is 8.78 Å². The maximum absolute atomic E-state index is 14.4. The molecule has 0 saturated carbocycles. The summed E-state index contributed by atoms with van der Waals surface area (Å²) in [7, 11) is 0. The second-order valence-electron chi connectivity index (χ2n) is 6.07. The number of nitrogens with zero attached hydrogens (tertiary/aromatic N) is 2. The summed E-state index contributed by atoms with van der Waals surface area (Å²) in [6.45, 7) is 1.10. The molecule has 1 heterocycles. The van der Waals surface area contributed by atoms with Gasteiger partial charge in [0, 0.05) is 11.1 Å². The summed E-state index contributed by atoms with van der Waals surface area (Å²) in [6, 6.07) is 14.3. The fraction of sp³-hybridized carbons (Fsp3) is 0.0952. The SMILES string of the molecule is Cc1c(F)c(OCc2cccc(C(N)=O)c2)nc(Oc2cccc(C#N)c2)c1F. The highest BCUT2D eigenvalue weighted by molar-refractivity contribution is 5.92. The predicted octanol–water partition coefficient (Wildman–Crippen LogP) is 4.01. The van der Waals surface area contributed by atoms with Crippen LogP contribution < -0.4 is 15.2 Å². The molecular formula is C21H15F2N3O3. The van der Waals surface area contributed by atoms with Gasteiger partial charge >= 0.3 is 0 Å². The highest BCUT2D eigenvalue weighted by Gasteiger charge is 2.20. The molecule has 0 unspecified atom stereocenters. The van der Waals surface area contributed by atoms with Crippen LogP contribution in [0.1, 0.15) is 27.0 Å². The van der Waals surface area contributed by atoms with Crippen molar-refractivity contribution in [3.63, 3.8) is 0 Å². The van der Waals surface area contributed by atoms with Crippen LogP contribution in [0.3, 0.4) is 0 Å². The second kappa shape index (κ2) is 8.35. The van der Waals surface area contributed by atoms with Gasteiger partial charge in [0.15, 0.2) is 11.6 Å². The van der Waals surface area contributed by atoms with E-state index in [0.29, 0.717) is 11.1 Å². The molecule has 146 valence electrons. The van der Waals surface area contributed by atoms with Gasteiger partial charge in [-0.15, -0.1) is 0 Å². The Bertz CT molecular complexity index is 1130. The summed E-state index contributed by atoms with van der Waals surface area (Å²) in [5, 5.41) is 8.95. The molecule has 3 aromatic rings. The van der Waals surface area contributed by atoms with Crippen LogP contribution in [0.15, 0.2) is 48.5 Å². The number of aromatic nitrogens is 1. The van der Waals surface area contributed by atoms with E-state index in [4.69, 9.17) is 20.5 Å². The molecule has 0 spiro atoms. The number of nitrogens with two attached hydrogens (primary N) is 1. The van der Waals surface area contributed by atoms with Gasteiger partial charge in [0.05, 0.1) is 11.6 Å². The van der Waals surface area contributed by atoms with Crippen LogP contribution in [0.5, 0.6) is 17.5 Å². The summed E-state index contributed by atoms with van der Waals surface area (Å²) in [6.07, 6.45) is 0. The van der Waals surface area contributed by atoms with Crippen LogP contribution in [0.2, 0.25) is 0 Å². The average Bonchev–Trinajstić information content (AvgIpc) is 2.73. The molecular weight excluding hydrogens is 380 g/mol. The Labute approximate surface area is 165 Å². The summed E-state index contributed by atoms with van der Waals surface area (Å²) in [4.78, 5) is 15.0. The van der Waals surface area contributed by atoms with Crippen molar-refractivity contribution in [1.82, 2.24) is 4.98 Å². The Morgan fingerprint density at radius 3 is 2.59 bits per heavy atom. The van der Waals surface area contributed by atoms with Crippen molar-refractivity contribution in [3.8, 4) is 23.6 Å². The number of rotatable bonds is 6. The van der Waals surface area contributed by atoms with E-state index in [1.807, 2.05) is 6.07 Å². The highest BCUT2D eigenvalue weighted by atomic mass is 19.1. The monoisotopic (exact) mass is 395 g/mol. The Hall–Kier alpha value is -3.99. The molecule has 29 heavy (non-hydrogen) atoms.